The molecule has 0 saturated carbocycles. The molecule has 0 fully saturated rings. The number of hydrogen-bond donors (Lipinski definition) is 1. The number of carbonyl (C=O) groups excluding carboxylic acids is 2. The fourth-order valence-corrected chi connectivity index (χ4v) is 4.33. The molecule has 0 bridgehead atoms. The molecule has 0 aliphatic heterocycles. The molecule has 2 aromatic rings. The number of allylic oxidation sites excluding steroid dienone is 1. The topological polar surface area (TPSA) is 46.2 Å². The lowest BCUT2D eigenvalue weighted by Crippen LogP contribution is -2.33. The average molecular weight is 593 g/mol. The van der Waals surface area contributed by atoms with Crippen molar-refractivity contribution >= 4 is 64.3 Å². The molecular formula is C23H18Cl3F6NO2S. The van der Waals surface area contributed by atoms with Crippen LogP contribution >= 0.6 is 46.6 Å². The Labute approximate surface area is 222 Å². The molecule has 0 radical (unpaired) electrons. The Morgan fingerprint density at radius 1 is 1.00 bits per heavy atom. The first kappa shape index (κ1) is 30.3. The minimum atomic E-state index is -4.66. The highest BCUT2D eigenvalue weighted by Crippen LogP contribution is 2.41. The van der Waals surface area contributed by atoms with E-state index >= 15 is 0 Å². The maximum atomic E-state index is 13.7. The monoisotopic (exact) mass is 591 g/mol. The molecule has 0 aromatic heterocycles. The Morgan fingerprint density at radius 2 is 1.61 bits per heavy atom. The van der Waals surface area contributed by atoms with Gasteiger partial charge in [-0.25, -0.2) is 0 Å². The summed E-state index contributed by atoms with van der Waals surface area (Å²) < 4.78 is 77.7. The van der Waals surface area contributed by atoms with Crippen molar-refractivity contribution in [2.45, 2.75) is 36.0 Å². The minimum absolute atomic E-state index is 0.0605. The molecule has 0 spiro atoms. The summed E-state index contributed by atoms with van der Waals surface area (Å²) in [6, 6.07) is 6.46. The number of thioether (sulfide) groups is 1. The van der Waals surface area contributed by atoms with E-state index in [9.17, 15) is 35.9 Å². The minimum Gasteiger partial charge on any atom is -0.347 e. The van der Waals surface area contributed by atoms with E-state index in [2.05, 4.69) is 0 Å². The van der Waals surface area contributed by atoms with Crippen molar-refractivity contribution in [3.05, 3.63) is 68.2 Å². The molecule has 1 atom stereocenters. The quantitative estimate of drug-likeness (QED) is 0.138. The Morgan fingerprint density at radius 3 is 2.14 bits per heavy atom. The van der Waals surface area contributed by atoms with Gasteiger partial charge in [0, 0.05) is 23.3 Å². The number of halogens is 9. The molecule has 1 unspecified atom stereocenters. The van der Waals surface area contributed by atoms with Crippen LogP contribution in [0.3, 0.4) is 0 Å². The summed E-state index contributed by atoms with van der Waals surface area (Å²) in [6.45, 7) is -1.50. The van der Waals surface area contributed by atoms with Crippen LogP contribution in [0, 0.1) is 0 Å². The summed E-state index contributed by atoms with van der Waals surface area (Å²) in [4.78, 5) is 24.5. The van der Waals surface area contributed by atoms with E-state index in [-0.39, 0.29) is 32.6 Å². The summed E-state index contributed by atoms with van der Waals surface area (Å²) in [6.07, 6.45) is -6.21. The maximum absolute atomic E-state index is 13.7. The fourth-order valence-electron chi connectivity index (χ4n) is 3.06. The first-order valence-electron chi connectivity index (χ1n) is 10.1. The third kappa shape index (κ3) is 8.90. The van der Waals surface area contributed by atoms with Crippen molar-refractivity contribution in [2.24, 2.45) is 0 Å². The van der Waals surface area contributed by atoms with Crippen LogP contribution in [0.25, 0.3) is 6.08 Å². The van der Waals surface area contributed by atoms with Crippen LogP contribution < -0.4 is 5.32 Å². The van der Waals surface area contributed by atoms with Gasteiger partial charge in [-0.2, -0.15) is 26.3 Å². The van der Waals surface area contributed by atoms with Crippen LogP contribution in [0.4, 0.5) is 26.3 Å². The van der Waals surface area contributed by atoms with Gasteiger partial charge in [0.2, 0.25) is 5.91 Å². The lowest BCUT2D eigenvalue weighted by Gasteiger charge is -2.18. The van der Waals surface area contributed by atoms with Gasteiger partial charge in [0.1, 0.15) is 6.54 Å². The van der Waals surface area contributed by atoms with Gasteiger partial charge < -0.3 is 5.32 Å². The van der Waals surface area contributed by atoms with Gasteiger partial charge in [-0.05, 0) is 41.6 Å². The Bertz CT molecular complexity index is 1130. The molecule has 0 aliphatic carbocycles. The van der Waals surface area contributed by atoms with Crippen LogP contribution in [0.5, 0.6) is 0 Å². The summed E-state index contributed by atoms with van der Waals surface area (Å²) in [5.41, 5.74) is 0.352. The average Bonchev–Trinajstić information content (AvgIpc) is 2.78. The highest BCUT2D eigenvalue weighted by Gasteiger charge is 2.39. The summed E-state index contributed by atoms with van der Waals surface area (Å²) in [5, 5.41) is 1.38. The third-order valence-electron chi connectivity index (χ3n) is 4.79. The zero-order valence-electron chi connectivity index (χ0n) is 18.4. The standard InChI is InChI=1S/C23H18Cl3F6NO2S/c1-36-19-8-12(2-4-14(19)18(34)6-7-20(35)33-11-22(27,28)29)3-5-15(23(30,31)32)13-9-16(24)21(26)17(25)10-13/h2-5,8-10,15H,6-7,11H2,1H3,(H,33,35)/b5-3+. The van der Waals surface area contributed by atoms with E-state index in [1.165, 1.54) is 24.3 Å². The highest BCUT2D eigenvalue weighted by atomic mass is 35.5. The Balaban J connectivity index is 2.21. The number of carbonyl (C=O) groups is 2. The van der Waals surface area contributed by atoms with Crippen molar-refractivity contribution in [3.8, 4) is 0 Å². The first-order chi connectivity index (χ1) is 16.6. The Kier molecular flexibility index (Phi) is 10.6. The number of nitrogens with one attached hydrogen (secondary N) is 1. The molecule has 36 heavy (non-hydrogen) atoms. The summed E-state index contributed by atoms with van der Waals surface area (Å²) in [7, 11) is 0. The number of alkyl halides is 6. The van der Waals surface area contributed by atoms with Gasteiger partial charge in [0.15, 0.2) is 5.78 Å². The van der Waals surface area contributed by atoms with Crippen LogP contribution in [-0.4, -0.2) is 36.8 Å². The largest absolute Gasteiger partial charge is 0.405 e. The van der Waals surface area contributed by atoms with Gasteiger partial charge in [-0.1, -0.05) is 53.0 Å². The van der Waals surface area contributed by atoms with Gasteiger partial charge in [-0.15, -0.1) is 11.8 Å². The van der Waals surface area contributed by atoms with Crippen molar-refractivity contribution in [2.75, 3.05) is 12.8 Å². The van der Waals surface area contributed by atoms with Crippen LogP contribution in [0.2, 0.25) is 15.1 Å². The van der Waals surface area contributed by atoms with Crippen molar-refractivity contribution in [3.63, 3.8) is 0 Å². The van der Waals surface area contributed by atoms with Gasteiger partial charge in [0.25, 0.3) is 0 Å². The van der Waals surface area contributed by atoms with E-state index in [1.54, 1.807) is 11.6 Å². The second-order valence-corrected chi connectivity index (χ2v) is 9.49. The SMILES string of the molecule is CSc1cc(/C=C/C(c2cc(Cl)c(Cl)c(Cl)c2)C(F)(F)F)ccc1C(=O)CCC(=O)NCC(F)(F)F. The maximum Gasteiger partial charge on any atom is 0.405 e. The molecule has 0 aliphatic rings. The second-order valence-electron chi connectivity index (χ2n) is 7.45. The van der Waals surface area contributed by atoms with E-state index in [0.29, 0.717) is 10.5 Å². The van der Waals surface area contributed by atoms with Crippen LogP contribution in [0.1, 0.15) is 40.2 Å². The molecule has 1 amide bonds. The van der Waals surface area contributed by atoms with Crippen molar-refractivity contribution in [1.82, 2.24) is 5.32 Å². The molecule has 0 saturated heterocycles. The third-order valence-corrected chi connectivity index (χ3v) is 6.76. The number of amides is 1. The number of Topliss-reactive ketones (excluding diaryl/α,β-unsaturated/α-hetero) is 1. The molecule has 196 valence electrons. The molecule has 0 heterocycles. The summed E-state index contributed by atoms with van der Waals surface area (Å²) >= 11 is 18.7. The molecule has 13 heteroatoms. The first-order valence-corrected chi connectivity index (χ1v) is 12.4. The molecular weight excluding hydrogens is 575 g/mol. The van der Waals surface area contributed by atoms with Crippen LogP contribution in [0.15, 0.2) is 41.3 Å². The van der Waals surface area contributed by atoms with Gasteiger partial charge >= 0.3 is 12.4 Å². The number of rotatable bonds is 9. The number of ketones is 1. The molecule has 2 aromatic carbocycles. The molecule has 3 nitrogen and oxygen atoms in total. The molecule has 2 rings (SSSR count). The van der Waals surface area contributed by atoms with Gasteiger partial charge in [0.05, 0.1) is 21.0 Å². The van der Waals surface area contributed by atoms with E-state index in [4.69, 9.17) is 34.8 Å². The normalized spacial score (nSPS) is 13.2. The lowest BCUT2D eigenvalue weighted by molar-refractivity contribution is -0.139. The highest BCUT2D eigenvalue weighted by molar-refractivity contribution is 7.98. The molecule has 1 N–H and O–H groups in total. The van der Waals surface area contributed by atoms with E-state index in [1.807, 2.05) is 0 Å². The zero-order chi connectivity index (χ0) is 27.3. The van der Waals surface area contributed by atoms with Gasteiger partial charge in [-0.3, -0.25) is 9.59 Å². The Hall–Kier alpha value is -1.88. The van der Waals surface area contributed by atoms with Crippen molar-refractivity contribution in [1.29, 1.82) is 0 Å². The predicted octanol–water partition coefficient (Wildman–Crippen LogP) is 8.37. The summed E-state index contributed by atoms with van der Waals surface area (Å²) in [5.74, 6) is -3.46. The number of benzene rings is 2. The van der Waals surface area contributed by atoms with E-state index in [0.717, 1.165) is 30.0 Å². The second kappa shape index (κ2) is 12.6. The van der Waals surface area contributed by atoms with Crippen LogP contribution in [-0.2, 0) is 4.79 Å². The number of hydrogen-bond acceptors (Lipinski definition) is 3. The fraction of sp³-hybridized carbons (Fsp3) is 0.304. The predicted molar refractivity (Wildman–Crippen MR) is 130 cm³/mol. The smallest absolute Gasteiger partial charge is 0.347 e. The van der Waals surface area contributed by atoms with E-state index < -0.39 is 42.9 Å². The van der Waals surface area contributed by atoms with Crippen molar-refractivity contribution < 1.29 is 35.9 Å². The zero-order valence-corrected chi connectivity index (χ0v) is 21.5. The lowest BCUT2D eigenvalue weighted by atomic mass is 9.96.